The molecule has 1 aromatic carbocycles. The number of nitrogens with zero attached hydrogens (tertiary/aromatic N) is 1. The Labute approximate surface area is 105 Å². The molecule has 17 heavy (non-hydrogen) atoms. The van der Waals surface area contributed by atoms with E-state index >= 15 is 0 Å². The summed E-state index contributed by atoms with van der Waals surface area (Å²) in [6, 6.07) is 3.87. The van der Waals surface area contributed by atoms with Crippen LogP contribution < -0.4 is 0 Å². The normalized spacial score (nSPS) is 14.4. The molecule has 0 bridgehead atoms. The number of hydrogen-bond donors (Lipinski definition) is 0. The standard InChI is InChI=1S/C14H14ClNO/c1-3-12-10-8-16(2)7-6-9-11(15)4-5-13(17-12)14(9)10/h4-7H,3,8H2,1-2H3. The molecule has 2 aromatic rings. The van der Waals surface area contributed by atoms with Crippen LogP contribution in [0.3, 0.4) is 0 Å². The van der Waals surface area contributed by atoms with Gasteiger partial charge in [-0.1, -0.05) is 18.5 Å². The van der Waals surface area contributed by atoms with E-state index < -0.39 is 0 Å². The summed E-state index contributed by atoms with van der Waals surface area (Å²) in [5.74, 6) is 1.07. The number of hydrogen-bond acceptors (Lipinski definition) is 2. The van der Waals surface area contributed by atoms with E-state index in [1.807, 2.05) is 12.1 Å². The third-order valence-electron chi connectivity index (χ3n) is 3.25. The molecule has 0 unspecified atom stereocenters. The monoisotopic (exact) mass is 247 g/mol. The Morgan fingerprint density at radius 1 is 1.41 bits per heavy atom. The van der Waals surface area contributed by atoms with E-state index in [4.69, 9.17) is 16.0 Å². The van der Waals surface area contributed by atoms with Gasteiger partial charge in [0.1, 0.15) is 11.3 Å². The molecule has 1 aliphatic heterocycles. The summed E-state index contributed by atoms with van der Waals surface area (Å²) in [5, 5.41) is 1.96. The Kier molecular flexibility index (Phi) is 2.40. The lowest BCUT2D eigenvalue weighted by Gasteiger charge is -2.11. The van der Waals surface area contributed by atoms with Crippen molar-refractivity contribution in [3.8, 4) is 0 Å². The molecular formula is C14H14ClNO. The van der Waals surface area contributed by atoms with Crippen molar-refractivity contribution in [1.29, 1.82) is 0 Å². The van der Waals surface area contributed by atoms with Crippen LogP contribution in [-0.2, 0) is 13.0 Å². The van der Waals surface area contributed by atoms with Gasteiger partial charge < -0.3 is 9.32 Å². The third-order valence-corrected chi connectivity index (χ3v) is 3.58. The highest BCUT2D eigenvalue weighted by Crippen LogP contribution is 2.36. The Balaban J connectivity index is 2.42. The van der Waals surface area contributed by atoms with Crippen LogP contribution in [0, 0.1) is 0 Å². The fourth-order valence-corrected chi connectivity index (χ4v) is 2.64. The summed E-state index contributed by atoms with van der Waals surface area (Å²) < 4.78 is 5.90. The number of rotatable bonds is 1. The number of furan rings is 1. The summed E-state index contributed by atoms with van der Waals surface area (Å²) in [4.78, 5) is 2.15. The first kappa shape index (κ1) is 10.7. The van der Waals surface area contributed by atoms with Crippen molar-refractivity contribution in [2.45, 2.75) is 19.9 Å². The topological polar surface area (TPSA) is 16.4 Å². The van der Waals surface area contributed by atoms with E-state index in [9.17, 15) is 0 Å². The molecular weight excluding hydrogens is 234 g/mol. The number of halogens is 1. The van der Waals surface area contributed by atoms with Crippen LogP contribution in [0.1, 0.15) is 23.8 Å². The molecule has 0 aliphatic carbocycles. The first-order valence-corrected chi connectivity index (χ1v) is 6.19. The number of aryl methyl sites for hydroxylation is 1. The first-order chi connectivity index (χ1) is 8.20. The highest BCUT2D eigenvalue weighted by molar-refractivity contribution is 6.33. The molecule has 2 nitrogen and oxygen atoms in total. The van der Waals surface area contributed by atoms with Crippen LogP contribution in [0.5, 0.6) is 0 Å². The molecule has 0 amide bonds. The smallest absolute Gasteiger partial charge is 0.135 e. The van der Waals surface area contributed by atoms with Gasteiger partial charge >= 0.3 is 0 Å². The van der Waals surface area contributed by atoms with Crippen LogP contribution in [0.2, 0.25) is 5.02 Å². The molecule has 0 radical (unpaired) electrons. The van der Waals surface area contributed by atoms with Crippen LogP contribution in [0.15, 0.2) is 22.7 Å². The third kappa shape index (κ3) is 1.55. The Morgan fingerprint density at radius 2 is 2.24 bits per heavy atom. The summed E-state index contributed by atoms with van der Waals surface area (Å²) in [6.45, 7) is 2.99. The van der Waals surface area contributed by atoms with E-state index in [2.05, 4.69) is 31.1 Å². The van der Waals surface area contributed by atoms with E-state index in [1.165, 1.54) is 10.9 Å². The van der Waals surface area contributed by atoms with Crippen molar-refractivity contribution in [3.05, 3.63) is 40.2 Å². The van der Waals surface area contributed by atoms with Crippen molar-refractivity contribution in [1.82, 2.24) is 4.90 Å². The highest BCUT2D eigenvalue weighted by Gasteiger charge is 2.19. The van der Waals surface area contributed by atoms with Crippen LogP contribution >= 0.6 is 11.6 Å². The Bertz CT molecular complexity index is 612. The van der Waals surface area contributed by atoms with Crippen LogP contribution in [-0.4, -0.2) is 11.9 Å². The molecule has 0 N–H and O–H groups in total. The molecule has 0 saturated carbocycles. The van der Waals surface area contributed by atoms with Gasteiger partial charge in [-0.25, -0.2) is 0 Å². The van der Waals surface area contributed by atoms with Crippen molar-refractivity contribution < 1.29 is 4.42 Å². The zero-order chi connectivity index (χ0) is 12.0. The minimum absolute atomic E-state index is 0.786. The molecule has 1 aromatic heterocycles. The summed E-state index contributed by atoms with van der Waals surface area (Å²) >= 11 is 6.27. The lowest BCUT2D eigenvalue weighted by atomic mass is 10.0. The molecule has 0 saturated heterocycles. The maximum absolute atomic E-state index is 6.27. The zero-order valence-corrected chi connectivity index (χ0v) is 10.7. The summed E-state index contributed by atoms with van der Waals surface area (Å²) in [6.07, 6.45) is 5.05. The Hall–Kier alpha value is -1.41. The van der Waals surface area contributed by atoms with Crippen LogP contribution in [0.25, 0.3) is 17.0 Å². The van der Waals surface area contributed by atoms with Crippen LogP contribution in [0.4, 0.5) is 0 Å². The second-order valence-corrected chi connectivity index (χ2v) is 4.83. The molecule has 0 spiro atoms. The second kappa shape index (κ2) is 3.81. The zero-order valence-electron chi connectivity index (χ0n) is 9.96. The second-order valence-electron chi connectivity index (χ2n) is 4.42. The molecule has 88 valence electrons. The SMILES string of the molecule is CCc1oc2ccc(Cl)c3c2c1CN(C)C=C3. The predicted octanol–water partition coefficient (Wildman–Crippen LogP) is 4.06. The van der Waals surface area contributed by atoms with Gasteiger partial charge in [0.2, 0.25) is 0 Å². The van der Waals surface area contributed by atoms with Gasteiger partial charge in [-0.2, -0.15) is 0 Å². The van der Waals surface area contributed by atoms with Gasteiger partial charge in [0, 0.05) is 41.5 Å². The van der Waals surface area contributed by atoms with Gasteiger partial charge in [-0.05, 0) is 24.4 Å². The first-order valence-electron chi connectivity index (χ1n) is 5.82. The van der Waals surface area contributed by atoms with Gasteiger partial charge in [-0.15, -0.1) is 0 Å². The lowest BCUT2D eigenvalue weighted by molar-refractivity contribution is 0.444. The van der Waals surface area contributed by atoms with E-state index in [0.29, 0.717) is 0 Å². The van der Waals surface area contributed by atoms with Crippen molar-refractivity contribution in [2.75, 3.05) is 7.05 Å². The fourth-order valence-electron chi connectivity index (χ4n) is 2.42. The van der Waals surface area contributed by atoms with Crippen molar-refractivity contribution in [2.24, 2.45) is 0 Å². The van der Waals surface area contributed by atoms with Crippen molar-refractivity contribution >= 4 is 28.6 Å². The van der Waals surface area contributed by atoms with Gasteiger partial charge in [0.25, 0.3) is 0 Å². The van der Waals surface area contributed by atoms with E-state index in [0.717, 1.165) is 34.9 Å². The predicted molar refractivity (Wildman–Crippen MR) is 71.1 cm³/mol. The Morgan fingerprint density at radius 3 is 3.00 bits per heavy atom. The maximum atomic E-state index is 6.27. The van der Waals surface area contributed by atoms with Crippen molar-refractivity contribution in [3.63, 3.8) is 0 Å². The average molecular weight is 248 g/mol. The highest BCUT2D eigenvalue weighted by atomic mass is 35.5. The average Bonchev–Trinajstić information content (AvgIpc) is 2.56. The van der Waals surface area contributed by atoms with Gasteiger partial charge in [-0.3, -0.25) is 0 Å². The minimum atomic E-state index is 0.786. The number of benzene rings is 1. The summed E-state index contributed by atoms with van der Waals surface area (Å²) in [5.41, 5.74) is 3.29. The minimum Gasteiger partial charge on any atom is -0.461 e. The maximum Gasteiger partial charge on any atom is 0.135 e. The largest absolute Gasteiger partial charge is 0.461 e. The molecule has 3 rings (SSSR count). The van der Waals surface area contributed by atoms with E-state index in [-0.39, 0.29) is 0 Å². The quantitative estimate of drug-likeness (QED) is 0.756. The van der Waals surface area contributed by atoms with Gasteiger partial charge in [0.15, 0.2) is 0 Å². The lowest BCUT2D eigenvalue weighted by Crippen LogP contribution is -2.09. The molecule has 2 heterocycles. The van der Waals surface area contributed by atoms with Gasteiger partial charge in [0.05, 0.1) is 0 Å². The molecule has 1 aliphatic rings. The van der Waals surface area contributed by atoms with E-state index in [1.54, 1.807) is 0 Å². The molecule has 0 fully saturated rings. The fraction of sp³-hybridized carbons (Fsp3) is 0.286. The summed E-state index contributed by atoms with van der Waals surface area (Å²) in [7, 11) is 2.06. The molecule has 0 atom stereocenters. The molecule has 3 heteroatoms.